The topological polar surface area (TPSA) is 53.1 Å². The predicted octanol–water partition coefficient (Wildman–Crippen LogP) is 2.99. The van der Waals surface area contributed by atoms with Crippen LogP contribution in [0.5, 0.6) is 11.5 Å². The van der Waals surface area contributed by atoms with E-state index in [-0.39, 0.29) is 11.9 Å². The normalized spacial score (nSPS) is 12.5. The molecule has 0 saturated heterocycles. The first-order chi connectivity index (χ1) is 8.90. The van der Waals surface area contributed by atoms with Crippen LogP contribution in [0.1, 0.15) is 29.9 Å². The van der Waals surface area contributed by atoms with Crippen molar-refractivity contribution in [3.63, 3.8) is 0 Å². The summed E-state index contributed by atoms with van der Waals surface area (Å²) in [5, 5.41) is 4.29. The van der Waals surface area contributed by atoms with E-state index in [0.29, 0.717) is 17.1 Å². The van der Waals surface area contributed by atoms with Crippen molar-refractivity contribution in [2.45, 2.75) is 26.8 Å². The second-order valence-electron chi connectivity index (χ2n) is 4.70. The number of hydrogen-bond donors (Lipinski definition) is 1. The molecule has 0 bridgehead atoms. The largest absolute Gasteiger partial charge is 0.453 e. The summed E-state index contributed by atoms with van der Waals surface area (Å²) in [7, 11) is 1.85. The molecular weight excluding hydrogens is 245 g/mol. The first-order valence-corrected chi connectivity index (χ1v) is 6.13. The Hall–Kier alpha value is -1.88. The monoisotopic (exact) mass is 263 g/mol. The highest BCUT2D eigenvalue weighted by Gasteiger charge is 2.15. The molecule has 0 fully saturated rings. The van der Waals surface area contributed by atoms with Crippen LogP contribution in [0.2, 0.25) is 0 Å². The van der Waals surface area contributed by atoms with Crippen LogP contribution in [0.4, 0.5) is 4.39 Å². The van der Waals surface area contributed by atoms with Gasteiger partial charge in [0.2, 0.25) is 0 Å². The smallest absolute Gasteiger partial charge is 0.171 e. The summed E-state index contributed by atoms with van der Waals surface area (Å²) in [6.07, 6.45) is 0. The Bertz CT molecular complexity index is 605. The van der Waals surface area contributed by atoms with Crippen molar-refractivity contribution < 1.29 is 9.13 Å². The van der Waals surface area contributed by atoms with Crippen LogP contribution in [0.3, 0.4) is 0 Å². The molecule has 2 aromatic rings. The van der Waals surface area contributed by atoms with Gasteiger partial charge >= 0.3 is 0 Å². The Morgan fingerprint density at radius 1 is 1.37 bits per heavy atom. The first-order valence-electron chi connectivity index (χ1n) is 6.13. The molecule has 19 heavy (non-hydrogen) atoms. The molecule has 1 heterocycles. The predicted molar refractivity (Wildman–Crippen MR) is 71.8 cm³/mol. The van der Waals surface area contributed by atoms with Crippen LogP contribution in [0.25, 0.3) is 0 Å². The third-order valence-corrected chi connectivity index (χ3v) is 3.12. The van der Waals surface area contributed by atoms with Crippen molar-refractivity contribution in [1.82, 2.24) is 9.78 Å². The van der Waals surface area contributed by atoms with Gasteiger partial charge in [-0.2, -0.15) is 5.10 Å². The number of ether oxygens (including phenoxy) is 1. The van der Waals surface area contributed by atoms with Crippen molar-refractivity contribution in [2.24, 2.45) is 12.8 Å². The van der Waals surface area contributed by atoms with Gasteiger partial charge in [-0.1, -0.05) is 0 Å². The van der Waals surface area contributed by atoms with Crippen molar-refractivity contribution in [3.8, 4) is 11.5 Å². The number of nitrogens with zero attached hydrogens (tertiary/aromatic N) is 2. The molecule has 0 saturated carbocycles. The van der Waals surface area contributed by atoms with Gasteiger partial charge in [-0.05, 0) is 39.0 Å². The summed E-state index contributed by atoms with van der Waals surface area (Å²) in [6, 6.07) is 4.06. The number of aryl methyl sites for hydroxylation is 2. The Morgan fingerprint density at radius 3 is 2.58 bits per heavy atom. The summed E-state index contributed by atoms with van der Waals surface area (Å²) in [5.74, 6) is 0.936. The van der Waals surface area contributed by atoms with Crippen LogP contribution in [0.15, 0.2) is 18.2 Å². The van der Waals surface area contributed by atoms with E-state index < -0.39 is 0 Å². The van der Waals surface area contributed by atoms with E-state index >= 15 is 0 Å². The van der Waals surface area contributed by atoms with E-state index in [1.807, 2.05) is 20.9 Å². The fourth-order valence-corrected chi connectivity index (χ4v) is 1.98. The van der Waals surface area contributed by atoms with E-state index in [0.717, 1.165) is 11.4 Å². The molecule has 0 radical (unpaired) electrons. The summed E-state index contributed by atoms with van der Waals surface area (Å²) in [6.45, 7) is 5.59. The van der Waals surface area contributed by atoms with Gasteiger partial charge in [0.15, 0.2) is 5.75 Å². The molecule has 0 unspecified atom stereocenters. The standard InChI is InChI=1S/C14H18FN3O/c1-8(16)12-7-11(15)5-6-13(12)19-14-9(2)17-18(4)10(14)3/h5-8H,16H2,1-4H3/t8-/m1/s1. The highest BCUT2D eigenvalue weighted by molar-refractivity contribution is 5.42. The van der Waals surface area contributed by atoms with Gasteiger partial charge in [0, 0.05) is 18.7 Å². The lowest BCUT2D eigenvalue weighted by Gasteiger charge is -2.14. The van der Waals surface area contributed by atoms with Crippen LogP contribution in [0, 0.1) is 19.7 Å². The third kappa shape index (κ3) is 2.61. The van der Waals surface area contributed by atoms with Crippen molar-refractivity contribution in [3.05, 3.63) is 41.0 Å². The van der Waals surface area contributed by atoms with Gasteiger partial charge in [0.05, 0.1) is 5.69 Å². The van der Waals surface area contributed by atoms with Gasteiger partial charge in [-0.3, -0.25) is 4.68 Å². The number of hydrogen-bond acceptors (Lipinski definition) is 3. The molecule has 0 aliphatic rings. The van der Waals surface area contributed by atoms with Crippen LogP contribution < -0.4 is 10.5 Å². The molecule has 1 aromatic heterocycles. The fourth-order valence-electron chi connectivity index (χ4n) is 1.98. The molecule has 0 spiro atoms. The first kappa shape index (κ1) is 13.5. The highest BCUT2D eigenvalue weighted by atomic mass is 19.1. The molecule has 2 rings (SSSR count). The van der Waals surface area contributed by atoms with Crippen LogP contribution in [-0.4, -0.2) is 9.78 Å². The molecular formula is C14H18FN3O. The fraction of sp³-hybridized carbons (Fsp3) is 0.357. The second kappa shape index (κ2) is 5.01. The Kier molecular flexibility index (Phi) is 3.57. The van der Waals surface area contributed by atoms with E-state index in [4.69, 9.17) is 10.5 Å². The van der Waals surface area contributed by atoms with Gasteiger partial charge < -0.3 is 10.5 Å². The zero-order chi connectivity index (χ0) is 14.2. The number of halogens is 1. The molecule has 0 aliphatic carbocycles. The number of aromatic nitrogens is 2. The van der Waals surface area contributed by atoms with Crippen molar-refractivity contribution in [1.29, 1.82) is 0 Å². The van der Waals surface area contributed by atoms with Crippen LogP contribution >= 0.6 is 0 Å². The van der Waals surface area contributed by atoms with Gasteiger partial charge in [-0.15, -0.1) is 0 Å². The third-order valence-electron chi connectivity index (χ3n) is 3.12. The zero-order valence-electron chi connectivity index (χ0n) is 11.6. The second-order valence-corrected chi connectivity index (χ2v) is 4.70. The molecule has 0 amide bonds. The van der Waals surface area contributed by atoms with E-state index in [9.17, 15) is 4.39 Å². The molecule has 102 valence electrons. The molecule has 1 atom stereocenters. The van der Waals surface area contributed by atoms with Crippen molar-refractivity contribution in [2.75, 3.05) is 0 Å². The minimum absolute atomic E-state index is 0.303. The Balaban J connectivity index is 2.43. The number of nitrogens with two attached hydrogens (primary N) is 1. The SMILES string of the molecule is Cc1nn(C)c(C)c1Oc1ccc(F)cc1[C@@H](C)N. The molecule has 4 nitrogen and oxygen atoms in total. The molecule has 1 aromatic carbocycles. The summed E-state index contributed by atoms with van der Waals surface area (Å²) < 4.78 is 20.9. The minimum Gasteiger partial charge on any atom is -0.453 e. The van der Waals surface area contributed by atoms with E-state index in [2.05, 4.69) is 5.10 Å². The quantitative estimate of drug-likeness (QED) is 0.926. The van der Waals surface area contributed by atoms with Gasteiger partial charge in [0.25, 0.3) is 0 Å². The Morgan fingerprint density at radius 2 is 2.05 bits per heavy atom. The van der Waals surface area contributed by atoms with E-state index in [1.54, 1.807) is 17.7 Å². The molecule has 0 aliphatic heterocycles. The lowest BCUT2D eigenvalue weighted by atomic mass is 10.1. The number of rotatable bonds is 3. The summed E-state index contributed by atoms with van der Waals surface area (Å²) >= 11 is 0. The maximum absolute atomic E-state index is 13.3. The van der Waals surface area contributed by atoms with E-state index in [1.165, 1.54) is 12.1 Å². The maximum atomic E-state index is 13.3. The van der Waals surface area contributed by atoms with Crippen molar-refractivity contribution >= 4 is 0 Å². The average molecular weight is 263 g/mol. The zero-order valence-corrected chi connectivity index (χ0v) is 11.6. The summed E-state index contributed by atoms with van der Waals surface area (Å²) in [4.78, 5) is 0. The molecule has 5 heteroatoms. The summed E-state index contributed by atoms with van der Waals surface area (Å²) in [5.41, 5.74) is 8.20. The molecule has 2 N–H and O–H groups in total. The number of benzene rings is 1. The Labute approximate surface area is 112 Å². The lowest BCUT2D eigenvalue weighted by molar-refractivity contribution is 0.461. The maximum Gasteiger partial charge on any atom is 0.171 e. The van der Waals surface area contributed by atoms with Crippen LogP contribution in [-0.2, 0) is 7.05 Å². The van der Waals surface area contributed by atoms with Gasteiger partial charge in [0.1, 0.15) is 17.3 Å². The van der Waals surface area contributed by atoms with Gasteiger partial charge in [-0.25, -0.2) is 4.39 Å². The highest BCUT2D eigenvalue weighted by Crippen LogP contribution is 2.32. The lowest BCUT2D eigenvalue weighted by Crippen LogP contribution is -2.07. The minimum atomic E-state index is -0.320. The average Bonchev–Trinajstić information content (AvgIpc) is 2.57.